The number of hydrogen-bond donors (Lipinski definition) is 1. The Morgan fingerprint density at radius 3 is 2.41 bits per heavy atom. The topological polar surface area (TPSA) is 49.8 Å². The van der Waals surface area contributed by atoms with Crippen molar-refractivity contribution in [3.63, 3.8) is 0 Å². The van der Waals surface area contributed by atoms with Crippen molar-refractivity contribution in [2.75, 3.05) is 20.7 Å². The van der Waals surface area contributed by atoms with Crippen LogP contribution in [0.5, 0.6) is 0 Å². The Morgan fingerprint density at radius 2 is 1.88 bits per heavy atom. The molecule has 0 amide bonds. The zero-order valence-corrected chi connectivity index (χ0v) is 10.3. The number of hydrogen-bond acceptors (Lipinski definition) is 3. The number of carboxylic acid groups (broad SMARTS) is 1. The predicted molar refractivity (Wildman–Crippen MR) is 65.7 cm³/mol. The monoisotopic (exact) mass is 237 g/mol. The molecule has 0 atom stereocenters. The van der Waals surface area contributed by atoms with Gasteiger partial charge in [-0.3, -0.25) is 4.79 Å². The van der Waals surface area contributed by atoms with Crippen molar-refractivity contribution < 1.29 is 14.6 Å². The van der Waals surface area contributed by atoms with Gasteiger partial charge in [-0.15, -0.1) is 0 Å². The van der Waals surface area contributed by atoms with Crippen molar-refractivity contribution in [1.29, 1.82) is 0 Å². The van der Waals surface area contributed by atoms with E-state index in [1.54, 1.807) is 7.11 Å². The van der Waals surface area contributed by atoms with E-state index in [1.165, 1.54) is 5.56 Å². The largest absolute Gasteiger partial charge is 0.481 e. The Kier molecular flexibility index (Phi) is 5.66. The molecule has 0 unspecified atom stereocenters. The molecule has 0 saturated carbocycles. The maximum Gasteiger partial charge on any atom is 0.304 e. The van der Waals surface area contributed by atoms with Gasteiger partial charge in [-0.05, 0) is 18.2 Å². The van der Waals surface area contributed by atoms with Gasteiger partial charge >= 0.3 is 5.97 Å². The first-order valence-corrected chi connectivity index (χ1v) is 5.59. The third-order valence-electron chi connectivity index (χ3n) is 2.49. The molecule has 17 heavy (non-hydrogen) atoms. The van der Waals surface area contributed by atoms with Crippen LogP contribution in [0.3, 0.4) is 0 Å². The highest BCUT2D eigenvalue weighted by molar-refractivity contribution is 5.66. The second kappa shape index (κ2) is 7.04. The van der Waals surface area contributed by atoms with Crippen LogP contribution in [0.1, 0.15) is 17.5 Å². The predicted octanol–water partition coefficient (Wildman–Crippen LogP) is 1.74. The molecule has 0 bridgehead atoms. The summed E-state index contributed by atoms with van der Waals surface area (Å²) in [7, 11) is 3.60. The van der Waals surface area contributed by atoms with Gasteiger partial charge in [0.1, 0.15) is 0 Å². The van der Waals surface area contributed by atoms with Crippen molar-refractivity contribution in [2.45, 2.75) is 19.6 Å². The highest BCUT2D eigenvalue weighted by Crippen LogP contribution is 2.07. The first kappa shape index (κ1) is 13.7. The summed E-state index contributed by atoms with van der Waals surface area (Å²) < 4.78 is 5.04. The molecule has 4 nitrogen and oxygen atoms in total. The van der Waals surface area contributed by atoms with E-state index in [4.69, 9.17) is 9.84 Å². The Bertz CT molecular complexity index is 348. The standard InChI is InChI=1S/C13H19NO3/c1-14(8-7-13(15)16)9-11-3-5-12(6-4-11)10-17-2/h3-6H,7-10H2,1-2H3,(H,15,16). The Labute approximate surface area is 102 Å². The molecule has 4 heteroatoms. The summed E-state index contributed by atoms with van der Waals surface area (Å²) >= 11 is 0. The van der Waals surface area contributed by atoms with Gasteiger partial charge in [-0.2, -0.15) is 0 Å². The fourth-order valence-corrected chi connectivity index (χ4v) is 1.58. The summed E-state index contributed by atoms with van der Waals surface area (Å²) in [5.41, 5.74) is 2.32. The molecule has 0 saturated heterocycles. The summed E-state index contributed by atoms with van der Waals surface area (Å²) in [4.78, 5) is 12.4. The Hall–Kier alpha value is -1.39. The van der Waals surface area contributed by atoms with Crippen LogP contribution >= 0.6 is 0 Å². The molecule has 0 fully saturated rings. The van der Waals surface area contributed by atoms with Gasteiger partial charge < -0.3 is 14.7 Å². The quantitative estimate of drug-likeness (QED) is 0.784. The van der Waals surface area contributed by atoms with Crippen LogP contribution in [0.4, 0.5) is 0 Å². The first-order chi connectivity index (χ1) is 8.11. The molecule has 1 aromatic carbocycles. The van der Waals surface area contributed by atoms with Gasteiger partial charge in [0.2, 0.25) is 0 Å². The van der Waals surface area contributed by atoms with Gasteiger partial charge in [-0.1, -0.05) is 24.3 Å². The third kappa shape index (κ3) is 5.47. The minimum Gasteiger partial charge on any atom is -0.481 e. The van der Waals surface area contributed by atoms with Crippen LogP contribution in [-0.2, 0) is 22.7 Å². The van der Waals surface area contributed by atoms with Crippen LogP contribution in [-0.4, -0.2) is 36.7 Å². The van der Waals surface area contributed by atoms with Crippen LogP contribution in [0.15, 0.2) is 24.3 Å². The van der Waals surface area contributed by atoms with Gasteiger partial charge in [0.15, 0.2) is 0 Å². The Morgan fingerprint density at radius 1 is 1.29 bits per heavy atom. The van der Waals surface area contributed by atoms with Gasteiger partial charge in [0.25, 0.3) is 0 Å². The van der Waals surface area contributed by atoms with Crippen molar-refractivity contribution in [1.82, 2.24) is 4.90 Å². The molecular weight excluding hydrogens is 218 g/mol. The van der Waals surface area contributed by atoms with Gasteiger partial charge in [0, 0.05) is 20.2 Å². The van der Waals surface area contributed by atoms with Crippen LogP contribution in [0.2, 0.25) is 0 Å². The number of nitrogens with zero attached hydrogens (tertiary/aromatic N) is 1. The van der Waals surface area contributed by atoms with Crippen molar-refractivity contribution in [2.24, 2.45) is 0 Å². The molecule has 1 N–H and O–H groups in total. The molecule has 94 valence electrons. The van der Waals surface area contributed by atoms with Crippen molar-refractivity contribution in [3.8, 4) is 0 Å². The molecule has 0 aliphatic rings. The Balaban J connectivity index is 2.42. The lowest BCUT2D eigenvalue weighted by molar-refractivity contribution is -0.137. The van der Waals surface area contributed by atoms with Crippen LogP contribution in [0, 0.1) is 0 Å². The van der Waals surface area contributed by atoms with E-state index in [0.29, 0.717) is 13.2 Å². The van der Waals surface area contributed by atoms with E-state index in [2.05, 4.69) is 0 Å². The zero-order valence-electron chi connectivity index (χ0n) is 10.3. The lowest BCUT2D eigenvalue weighted by atomic mass is 10.1. The average molecular weight is 237 g/mol. The van der Waals surface area contributed by atoms with Crippen LogP contribution < -0.4 is 0 Å². The van der Waals surface area contributed by atoms with E-state index < -0.39 is 5.97 Å². The number of carboxylic acids is 1. The summed E-state index contributed by atoms with van der Waals surface area (Å²) in [5.74, 6) is -0.757. The highest BCUT2D eigenvalue weighted by Gasteiger charge is 2.03. The fraction of sp³-hybridized carbons (Fsp3) is 0.462. The molecule has 1 aromatic rings. The normalized spacial score (nSPS) is 10.8. The number of aliphatic carboxylic acids is 1. The van der Waals surface area contributed by atoms with E-state index in [-0.39, 0.29) is 6.42 Å². The number of benzene rings is 1. The SMILES string of the molecule is COCc1ccc(CN(C)CCC(=O)O)cc1. The first-order valence-electron chi connectivity index (χ1n) is 5.59. The number of rotatable bonds is 7. The maximum absolute atomic E-state index is 10.4. The molecular formula is C13H19NO3. The van der Waals surface area contributed by atoms with E-state index in [9.17, 15) is 4.79 Å². The minimum atomic E-state index is -0.757. The molecule has 0 aliphatic heterocycles. The molecule has 0 aliphatic carbocycles. The molecule has 0 aromatic heterocycles. The molecule has 1 rings (SSSR count). The zero-order chi connectivity index (χ0) is 12.7. The smallest absolute Gasteiger partial charge is 0.304 e. The third-order valence-corrected chi connectivity index (χ3v) is 2.49. The lowest BCUT2D eigenvalue weighted by Gasteiger charge is -2.15. The van der Waals surface area contributed by atoms with E-state index in [1.807, 2.05) is 36.2 Å². The molecule has 0 heterocycles. The highest BCUT2D eigenvalue weighted by atomic mass is 16.5. The summed E-state index contributed by atoms with van der Waals surface area (Å²) in [6.07, 6.45) is 0.179. The van der Waals surface area contributed by atoms with Crippen molar-refractivity contribution >= 4 is 5.97 Å². The fourth-order valence-electron chi connectivity index (χ4n) is 1.58. The van der Waals surface area contributed by atoms with Crippen LogP contribution in [0.25, 0.3) is 0 Å². The maximum atomic E-state index is 10.4. The summed E-state index contributed by atoms with van der Waals surface area (Å²) in [5, 5.41) is 8.58. The minimum absolute atomic E-state index is 0.179. The second-order valence-electron chi connectivity index (χ2n) is 4.13. The number of ether oxygens (including phenoxy) is 1. The molecule has 0 spiro atoms. The van der Waals surface area contributed by atoms with E-state index >= 15 is 0 Å². The number of carbonyl (C=O) groups is 1. The number of methoxy groups -OCH3 is 1. The summed E-state index contributed by atoms with van der Waals surface area (Å²) in [6, 6.07) is 8.16. The molecule has 0 radical (unpaired) electrons. The van der Waals surface area contributed by atoms with E-state index in [0.717, 1.165) is 12.1 Å². The lowest BCUT2D eigenvalue weighted by Crippen LogP contribution is -2.21. The average Bonchev–Trinajstić information content (AvgIpc) is 2.29. The van der Waals surface area contributed by atoms with Gasteiger partial charge in [0.05, 0.1) is 13.0 Å². The van der Waals surface area contributed by atoms with Crippen molar-refractivity contribution in [3.05, 3.63) is 35.4 Å². The second-order valence-corrected chi connectivity index (χ2v) is 4.13. The van der Waals surface area contributed by atoms with Gasteiger partial charge in [-0.25, -0.2) is 0 Å². The summed E-state index contributed by atoms with van der Waals surface area (Å²) in [6.45, 7) is 1.95.